The van der Waals surface area contributed by atoms with Gasteiger partial charge in [0.05, 0.1) is 0 Å². The van der Waals surface area contributed by atoms with Crippen LogP contribution in [0.5, 0.6) is 5.75 Å². The lowest BCUT2D eigenvalue weighted by Crippen LogP contribution is -1.95. The molecule has 2 aromatic heterocycles. The summed E-state index contributed by atoms with van der Waals surface area (Å²) < 4.78 is 1.82. The van der Waals surface area contributed by atoms with Gasteiger partial charge in [-0.05, 0) is 12.1 Å². The van der Waals surface area contributed by atoms with Crippen LogP contribution in [0.3, 0.4) is 0 Å². The summed E-state index contributed by atoms with van der Waals surface area (Å²) in [5.74, 6) is 1.30. The largest absolute Gasteiger partial charge is 0.506 e. The van der Waals surface area contributed by atoms with Crippen molar-refractivity contribution in [2.75, 3.05) is 0 Å². The minimum atomic E-state index is 0.164. The van der Waals surface area contributed by atoms with Gasteiger partial charge in [0.15, 0.2) is 5.15 Å². The van der Waals surface area contributed by atoms with Crippen LogP contribution >= 0.6 is 11.6 Å². The van der Waals surface area contributed by atoms with Gasteiger partial charge >= 0.3 is 0 Å². The third kappa shape index (κ3) is 1.24. The van der Waals surface area contributed by atoms with Crippen LogP contribution in [0.1, 0.15) is 25.6 Å². The number of imidazole rings is 1. The van der Waals surface area contributed by atoms with E-state index < -0.39 is 0 Å². The highest BCUT2D eigenvalue weighted by molar-refractivity contribution is 6.33. The molecule has 0 saturated heterocycles. The molecule has 0 unspecified atom stereocenters. The Labute approximate surface area is 87.0 Å². The van der Waals surface area contributed by atoms with Crippen molar-refractivity contribution in [2.45, 2.75) is 19.8 Å². The predicted molar refractivity (Wildman–Crippen MR) is 56.0 cm³/mol. The standard InChI is InChI=1S/C10H11ClN2O/c1-6(2)10-12-9(11)8-7(14)4-3-5-13(8)10/h3-6,14H,1-2H3. The summed E-state index contributed by atoms with van der Waals surface area (Å²) in [4.78, 5) is 4.22. The summed E-state index contributed by atoms with van der Waals surface area (Å²) in [7, 11) is 0. The van der Waals surface area contributed by atoms with Gasteiger partial charge in [0, 0.05) is 12.1 Å². The Balaban J connectivity index is 2.84. The van der Waals surface area contributed by atoms with Crippen LogP contribution in [0.4, 0.5) is 0 Å². The molecule has 1 N–H and O–H groups in total. The van der Waals surface area contributed by atoms with Crippen LogP contribution < -0.4 is 0 Å². The van der Waals surface area contributed by atoms with E-state index in [4.69, 9.17) is 11.6 Å². The molecule has 0 spiro atoms. The SMILES string of the molecule is CC(C)c1nc(Cl)c2c(O)cccn12. The third-order valence-corrected chi connectivity index (χ3v) is 2.41. The van der Waals surface area contributed by atoms with Crippen LogP contribution in [0.2, 0.25) is 5.15 Å². The second kappa shape index (κ2) is 3.17. The molecule has 0 atom stereocenters. The van der Waals surface area contributed by atoms with Gasteiger partial charge in [-0.2, -0.15) is 0 Å². The first kappa shape index (κ1) is 9.34. The van der Waals surface area contributed by atoms with Gasteiger partial charge in [-0.15, -0.1) is 0 Å². The Kier molecular flexibility index (Phi) is 2.11. The maximum Gasteiger partial charge on any atom is 0.158 e. The molecule has 0 amide bonds. The van der Waals surface area contributed by atoms with E-state index in [1.807, 2.05) is 24.4 Å². The normalized spacial score (nSPS) is 11.4. The molecule has 0 aliphatic heterocycles. The molecular weight excluding hydrogens is 200 g/mol. The lowest BCUT2D eigenvalue weighted by molar-refractivity contribution is 0.478. The molecule has 2 heterocycles. The molecule has 4 heteroatoms. The first-order valence-electron chi connectivity index (χ1n) is 4.46. The molecule has 0 saturated carbocycles. The zero-order chi connectivity index (χ0) is 10.3. The molecule has 0 aromatic carbocycles. The topological polar surface area (TPSA) is 37.5 Å². The molecule has 3 nitrogen and oxygen atoms in total. The summed E-state index contributed by atoms with van der Waals surface area (Å²) in [5.41, 5.74) is 0.581. The fourth-order valence-corrected chi connectivity index (χ4v) is 1.78. The average molecular weight is 211 g/mol. The summed E-state index contributed by atoms with van der Waals surface area (Å²) in [6.07, 6.45) is 1.85. The summed E-state index contributed by atoms with van der Waals surface area (Å²) in [6.45, 7) is 4.07. The van der Waals surface area contributed by atoms with E-state index in [1.54, 1.807) is 12.1 Å². The second-order valence-corrected chi connectivity index (χ2v) is 3.89. The Bertz CT molecular complexity index is 476. The van der Waals surface area contributed by atoms with Crippen LogP contribution in [-0.2, 0) is 0 Å². The third-order valence-electron chi connectivity index (χ3n) is 2.14. The molecule has 0 fully saturated rings. The Morgan fingerprint density at radius 3 is 2.86 bits per heavy atom. The van der Waals surface area contributed by atoms with E-state index in [1.165, 1.54) is 0 Å². The van der Waals surface area contributed by atoms with Crippen LogP contribution in [-0.4, -0.2) is 14.5 Å². The van der Waals surface area contributed by atoms with Crippen molar-refractivity contribution in [3.8, 4) is 5.75 Å². The fraction of sp³-hybridized carbons (Fsp3) is 0.300. The highest BCUT2D eigenvalue weighted by Crippen LogP contribution is 2.28. The summed E-state index contributed by atoms with van der Waals surface area (Å²) in [5, 5.41) is 9.96. The van der Waals surface area contributed by atoms with E-state index in [0.29, 0.717) is 10.7 Å². The number of fused-ring (bicyclic) bond motifs is 1. The lowest BCUT2D eigenvalue weighted by atomic mass is 10.2. The molecule has 0 bridgehead atoms. The zero-order valence-corrected chi connectivity index (χ0v) is 8.78. The quantitative estimate of drug-likeness (QED) is 0.786. The van der Waals surface area contributed by atoms with Crippen molar-refractivity contribution in [3.63, 3.8) is 0 Å². The average Bonchev–Trinajstić information content (AvgIpc) is 2.45. The van der Waals surface area contributed by atoms with Crippen molar-refractivity contribution < 1.29 is 5.11 Å². The molecule has 2 aromatic rings. The van der Waals surface area contributed by atoms with Gasteiger partial charge in [0.25, 0.3) is 0 Å². The van der Waals surface area contributed by atoms with Crippen molar-refractivity contribution >= 4 is 17.1 Å². The molecular formula is C10H11ClN2O. The Morgan fingerprint density at radius 1 is 1.50 bits per heavy atom. The zero-order valence-electron chi connectivity index (χ0n) is 8.03. The first-order chi connectivity index (χ1) is 6.61. The molecule has 0 aliphatic rings. The Hall–Kier alpha value is -1.22. The molecule has 0 aliphatic carbocycles. The van der Waals surface area contributed by atoms with Gasteiger partial charge < -0.3 is 5.11 Å². The first-order valence-corrected chi connectivity index (χ1v) is 4.84. The van der Waals surface area contributed by atoms with Crippen molar-refractivity contribution in [3.05, 3.63) is 29.3 Å². The minimum absolute atomic E-state index is 0.164. The molecule has 2 rings (SSSR count). The smallest absolute Gasteiger partial charge is 0.158 e. The number of hydrogen-bond donors (Lipinski definition) is 1. The maximum atomic E-state index is 9.60. The van der Waals surface area contributed by atoms with Crippen molar-refractivity contribution in [1.82, 2.24) is 9.38 Å². The summed E-state index contributed by atoms with van der Waals surface area (Å²) >= 11 is 5.94. The van der Waals surface area contributed by atoms with Crippen LogP contribution in [0.25, 0.3) is 5.52 Å². The second-order valence-electron chi connectivity index (χ2n) is 3.53. The van der Waals surface area contributed by atoms with Crippen LogP contribution in [0.15, 0.2) is 18.3 Å². The number of rotatable bonds is 1. The summed E-state index contributed by atoms with van der Waals surface area (Å²) in [6, 6.07) is 3.37. The molecule has 74 valence electrons. The number of halogens is 1. The van der Waals surface area contributed by atoms with Crippen LogP contribution in [0, 0.1) is 0 Å². The van der Waals surface area contributed by atoms with Gasteiger partial charge in [-0.3, -0.25) is 4.40 Å². The van der Waals surface area contributed by atoms with E-state index in [-0.39, 0.29) is 11.7 Å². The van der Waals surface area contributed by atoms with Crippen molar-refractivity contribution in [2.24, 2.45) is 0 Å². The highest BCUT2D eigenvalue weighted by Gasteiger charge is 2.14. The number of hydrogen-bond acceptors (Lipinski definition) is 2. The van der Waals surface area contributed by atoms with E-state index >= 15 is 0 Å². The number of aromatic hydroxyl groups is 1. The van der Waals surface area contributed by atoms with Gasteiger partial charge in [0.2, 0.25) is 0 Å². The minimum Gasteiger partial charge on any atom is -0.506 e. The van der Waals surface area contributed by atoms with E-state index in [9.17, 15) is 5.11 Å². The maximum absolute atomic E-state index is 9.60. The lowest BCUT2D eigenvalue weighted by Gasteiger charge is -2.03. The van der Waals surface area contributed by atoms with Gasteiger partial charge in [-0.1, -0.05) is 25.4 Å². The van der Waals surface area contributed by atoms with Gasteiger partial charge in [0.1, 0.15) is 17.1 Å². The molecule has 0 radical (unpaired) electrons. The highest BCUT2D eigenvalue weighted by atomic mass is 35.5. The van der Waals surface area contributed by atoms with Crippen molar-refractivity contribution in [1.29, 1.82) is 0 Å². The Morgan fingerprint density at radius 2 is 2.21 bits per heavy atom. The fourth-order valence-electron chi connectivity index (χ4n) is 1.51. The van der Waals surface area contributed by atoms with E-state index in [0.717, 1.165) is 5.82 Å². The molecule has 14 heavy (non-hydrogen) atoms. The monoisotopic (exact) mass is 210 g/mol. The number of aromatic nitrogens is 2. The number of nitrogens with zero attached hydrogens (tertiary/aromatic N) is 2. The van der Waals surface area contributed by atoms with E-state index in [2.05, 4.69) is 4.98 Å². The predicted octanol–water partition coefficient (Wildman–Crippen LogP) is 2.82. The van der Waals surface area contributed by atoms with Gasteiger partial charge in [-0.25, -0.2) is 4.98 Å². The number of pyridine rings is 1.